The summed E-state index contributed by atoms with van der Waals surface area (Å²) in [6.07, 6.45) is 9.96. The van der Waals surface area contributed by atoms with Crippen LogP contribution in [0.25, 0.3) is 0 Å². The molecule has 2 saturated carbocycles. The summed E-state index contributed by atoms with van der Waals surface area (Å²) in [5.74, 6) is 0.166. The molecule has 2 fully saturated rings. The van der Waals surface area contributed by atoms with E-state index in [0.29, 0.717) is 13.0 Å². The van der Waals surface area contributed by atoms with E-state index in [1.54, 1.807) is 7.11 Å². The van der Waals surface area contributed by atoms with Gasteiger partial charge in [-0.05, 0) is 39.2 Å². The summed E-state index contributed by atoms with van der Waals surface area (Å²) in [4.78, 5) is 12.2. The minimum Gasteiger partial charge on any atom is -0.376 e. The molecule has 4 heteroatoms. The Labute approximate surface area is 116 Å². The fraction of sp³-hybridized carbons (Fsp3) is 0.933. The third kappa shape index (κ3) is 3.48. The molecule has 1 amide bonds. The van der Waals surface area contributed by atoms with E-state index in [0.717, 1.165) is 25.7 Å². The van der Waals surface area contributed by atoms with Crippen LogP contribution in [0.15, 0.2) is 0 Å². The first-order valence-corrected chi connectivity index (χ1v) is 7.64. The molecule has 0 saturated heterocycles. The third-order valence-corrected chi connectivity index (χ3v) is 5.15. The van der Waals surface area contributed by atoms with Crippen LogP contribution in [0.4, 0.5) is 0 Å². The van der Waals surface area contributed by atoms with Crippen molar-refractivity contribution in [3.63, 3.8) is 0 Å². The van der Waals surface area contributed by atoms with E-state index in [4.69, 9.17) is 4.74 Å². The SMILES string of the molecule is CNC1(CC(=O)NCC2(OC)CCC2)CCCCC1. The van der Waals surface area contributed by atoms with Gasteiger partial charge in [0.2, 0.25) is 5.91 Å². The van der Waals surface area contributed by atoms with Crippen LogP contribution in [0.5, 0.6) is 0 Å². The van der Waals surface area contributed by atoms with Crippen molar-refractivity contribution >= 4 is 5.91 Å². The zero-order chi connectivity index (χ0) is 13.8. The second kappa shape index (κ2) is 6.23. The first-order valence-electron chi connectivity index (χ1n) is 7.64. The van der Waals surface area contributed by atoms with Crippen LogP contribution in [0.1, 0.15) is 57.8 Å². The Bertz CT molecular complexity index is 302. The number of nitrogens with one attached hydrogen (secondary N) is 2. The number of amides is 1. The summed E-state index contributed by atoms with van der Waals surface area (Å²) in [5, 5.41) is 6.47. The van der Waals surface area contributed by atoms with Crippen molar-refractivity contribution in [1.82, 2.24) is 10.6 Å². The lowest BCUT2D eigenvalue weighted by atomic mass is 9.78. The molecular weight excluding hydrogens is 240 g/mol. The van der Waals surface area contributed by atoms with E-state index in [1.165, 1.54) is 25.7 Å². The topological polar surface area (TPSA) is 50.4 Å². The summed E-state index contributed by atoms with van der Waals surface area (Å²) in [5.41, 5.74) is -0.0444. The minimum absolute atomic E-state index is 0.0299. The van der Waals surface area contributed by atoms with E-state index in [2.05, 4.69) is 10.6 Å². The molecule has 0 atom stereocenters. The van der Waals surface area contributed by atoms with Gasteiger partial charge in [0, 0.05) is 25.6 Å². The van der Waals surface area contributed by atoms with Gasteiger partial charge in [-0.3, -0.25) is 4.79 Å². The van der Waals surface area contributed by atoms with Crippen molar-refractivity contribution in [3.8, 4) is 0 Å². The zero-order valence-corrected chi connectivity index (χ0v) is 12.4. The summed E-state index contributed by atoms with van der Waals surface area (Å²) >= 11 is 0. The summed E-state index contributed by atoms with van der Waals surface area (Å²) in [6, 6.07) is 0. The molecule has 0 aliphatic heterocycles. The monoisotopic (exact) mass is 268 g/mol. The molecule has 2 rings (SSSR count). The molecule has 0 aromatic carbocycles. The van der Waals surface area contributed by atoms with Gasteiger partial charge < -0.3 is 15.4 Å². The van der Waals surface area contributed by atoms with Crippen LogP contribution in [-0.4, -0.2) is 37.7 Å². The molecule has 110 valence electrons. The first kappa shape index (κ1) is 14.8. The number of hydrogen-bond acceptors (Lipinski definition) is 3. The van der Waals surface area contributed by atoms with E-state index >= 15 is 0 Å². The highest BCUT2D eigenvalue weighted by molar-refractivity contribution is 5.77. The predicted molar refractivity (Wildman–Crippen MR) is 76.1 cm³/mol. The van der Waals surface area contributed by atoms with Crippen molar-refractivity contribution in [3.05, 3.63) is 0 Å². The number of carbonyl (C=O) groups is 1. The van der Waals surface area contributed by atoms with Gasteiger partial charge in [0.1, 0.15) is 0 Å². The van der Waals surface area contributed by atoms with E-state index in [-0.39, 0.29) is 17.0 Å². The van der Waals surface area contributed by atoms with Gasteiger partial charge in [0.15, 0.2) is 0 Å². The average Bonchev–Trinajstić information content (AvgIpc) is 2.39. The quantitative estimate of drug-likeness (QED) is 0.774. The maximum absolute atomic E-state index is 12.2. The maximum Gasteiger partial charge on any atom is 0.221 e. The van der Waals surface area contributed by atoms with Crippen LogP contribution in [0.2, 0.25) is 0 Å². The minimum atomic E-state index is -0.0744. The second-order valence-corrected chi connectivity index (χ2v) is 6.29. The van der Waals surface area contributed by atoms with Gasteiger partial charge in [-0.1, -0.05) is 19.3 Å². The zero-order valence-electron chi connectivity index (χ0n) is 12.4. The molecule has 0 aromatic rings. The molecule has 0 radical (unpaired) electrons. The molecule has 0 unspecified atom stereocenters. The number of rotatable bonds is 6. The number of hydrogen-bond donors (Lipinski definition) is 2. The molecular formula is C15H28N2O2. The van der Waals surface area contributed by atoms with E-state index < -0.39 is 0 Å². The maximum atomic E-state index is 12.2. The Hall–Kier alpha value is -0.610. The lowest BCUT2D eigenvalue weighted by Gasteiger charge is -2.41. The average molecular weight is 268 g/mol. The van der Waals surface area contributed by atoms with Gasteiger partial charge in [-0.25, -0.2) is 0 Å². The summed E-state index contributed by atoms with van der Waals surface area (Å²) < 4.78 is 5.54. The third-order valence-electron chi connectivity index (χ3n) is 5.15. The number of ether oxygens (including phenoxy) is 1. The fourth-order valence-corrected chi connectivity index (χ4v) is 3.40. The lowest BCUT2D eigenvalue weighted by molar-refractivity contribution is -0.126. The lowest BCUT2D eigenvalue weighted by Crippen LogP contribution is -2.52. The van der Waals surface area contributed by atoms with Crippen LogP contribution in [0, 0.1) is 0 Å². The smallest absolute Gasteiger partial charge is 0.221 e. The van der Waals surface area contributed by atoms with Crippen LogP contribution >= 0.6 is 0 Å². The molecule has 2 N–H and O–H groups in total. The predicted octanol–water partition coefficient (Wildman–Crippen LogP) is 1.98. The fourth-order valence-electron chi connectivity index (χ4n) is 3.40. The highest BCUT2D eigenvalue weighted by Gasteiger charge is 2.38. The molecule has 4 nitrogen and oxygen atoms in total. The summed E-state index contributed by atoms with van der Waals surface area (Å²) in [7, 11) is 3.74. The van der Waals surface area contributed by atoms with Gasteiger partial charge in [-0.15, -0.1) is 0 Å². The number of methoxy groups -OCH3 is 1. The molecule has 0 spiro atoms. The Morgan fingerprint density at radius 1 is 1.11 bits per heavy atom. The highest BCUT2D eigenvalue weighted by Crippen LogP contribution is 2.34. The van der Waals surface area contributed by atoms with E-state index in [1.807, 2.05) is 7.05 Å². The molecule has 0 bridgehead atoms. The van der Waals surface area contributed by atoms with E-state index in [9.17, 15) is 4.79 Å². The molecule has 0 aromatic heterocycles. The van der Waals surface area contributed by atoms with Crippen molar-refractivity contribution < 1.29 is 9.53 Å². The van der Waals surface area contributed by atoms with Gasteiger partial charge in [-0.2, -0.15) is 0 Å². The largest absolute Gasteiger partial charge is 0.376 e. The van der Waals surface area contributed by atoms with Gasteiger partial charge in [0.25, 0.3) is 0 Å². The number of carbonyl (C=O) groups excluding carboxylic acids is 1. The van der Waals surface area contributed by atoms with Crippen LogP contribution in [-0.2, 0) is 9.53 Å². The van der Waals surface area contributed by atoms with Crippen LogP contribution < -0.4 is 10.6 Å². The van der Waals surface area contributed by atoms with Crippen molar-refractivity contribution in [2.45, 2.75) is 68.9 Å². The standard InChI is InChI=1S/C15H28N2O2/c1-16-14(7-4-3-5-8-14)11-13(18)17-12-15(19-2)9-6-10-15/h16H,3-12H2,1-2H3,(H,17,18). The Morgan fingerprint density at radius 2 is 1.79 bits per heavy atom. The van der Waals surface area contributed by atoms with Gasteiger partial charge >= 0.3 is 0 Å². The normalized spacial score (nSPS) is 24.5. The highest BCUT2D eigenvalue weighted by atomic mass is 16.5. The Balaban J connectivity index is 1.79. The van der Waals surface area contributed by atoms with Gasteiger partial charge in [0.05, 0.1) is 5.60 Å². The Morgan fingerprint density at radius 3 is 2.26 bits per heavy atom. The summed E-state index contributed by atoms with van der Waals surface area (Å²) in [6.45, 7) is 0.669. The second-order valence-electron chi connectivity index (χ2n) is 6.29. The van der Waals surface area contributed by atoms with Crippen molar-refractivity contribution in [2.75, 3.05) is 20.7 Å². The van der Waals surface area contributed by atoms with Crippen molar-refractivity contribution in [2.24, 2.45) is 0 Å². The molecule has 0 heterocycles. The van der Waals surface area contributed by atoms with Crippen LogP contribution in [0.3, 0.4) is 0 Å². The Kier molecular flexibility index (Phi) is 4.85. The molecule has 2 aliphatic rings. The molecule has 19 heavy (non-hydrogen) atoms. The van der Waals surface area contributed by atoms with Crippen molar-refractivity contribution in [1.29, 1.82) is 0 Å². The first-order chi connectivity index (χ1) is 9.14. The molecule has 2 aliphatic carbocycles.